The molecule has 8 heteroatoms. The average Bonchev–Trinajstić information content (AvgIpc) is 3.11. The molecule has 0 saturated carbocycles. The van der Waals surface area contributed by atoms with Gasteiger partial charge in [0.15, 0.2) is 0 Å². The highest BCUT2D eigenvalue weighted by molar-refractivity contribution is 5.79. The van der Waals surface area contributed by atoms with Crippen LogP contribution in [0.25, 0.3) is 11.1 Å². The highest BCUT2D eigenvalue weighted by Crippen LogP contribution is 2.44. The van der Waals surface area contributed by atoms with Crippen LogP contribution in [-0.4, -0.2) is 59.0 Å². The van der Waals surface area contributed by atoms with Gasteiger partial charge < -0.3 is 24.8 Å². The first-order valence-electron chi connectivity index (χ1n) is 12.7. The third-order valence-electron chi connectivity index (χ3n) is 6.26. The van der Waals surface area contributed by atoms with E-state index in [1.165, 1.54) is 4.90 Å². The molecule has 2 aromatic carbocycles. The van der Waals surface area contributed by atoms with Crippen molar-refractivity contribution in [1.82, 2.24) is 10.2 Å². The van der Waals surface area contributed by atoms with Crippen LogP contribution < -0.4 is 5.32 Å². The predicted octanol–water partition coefficient (Wildman–Crippen LogP) is 5.80. The largest absolute Gasteiger partial charge is 0.481 e. The van der Waals surface area contributed by atoms with Crippen molar-refractivity contribution < 1.29 is 29.0 Å². The molecule has 8 nitrogen and oxygen atoms in total. The Balaban J connectivity index is 1.65. The minimum atomic E-state index is -0.917. The van der Waals surface area contributed by atoms with E-state index in [1.807, 2.05) is 38.1 Å². The minimum Gasteiger partial charge on any atom is -0.481 e. The number of alkyl carbamates (subject to hydrolysis) is 1. The summed E-state index contributed by atoms with van der Waals surface area (Å²) in [7, 11) is 0. The lowest BCUT2D eigenvalue weighted by Crippen LogP contribution is -2.48. The predicted molar refractivity (Wildman–Crippen MR) is 142 cm³/mol. The number of hydrogen-bond donors (Lipinski definition) is 2. The Morgan fingerprint density at radius 3 is 2.03 bits per heavy atom. The van der Waals surface area contributed by atoms with E-state index in [9.17, 15) is 14.4 Å². The van der Waals surface area contributed by atoms with Gasteiger partial charge in [-0.05, 0) is 69.7 Å². The summed E-state index contributed by atoms with van der Waals surface area (Å²) in [5, 5.41) is 11.9. The first-order valence-corrected chi connectivity index (χ1v) is 12.7. The highest BCUT2D eigenvalue weighted by Gasteiger charge is 2.31. The van der Waals surface area contributed by atoms with Crippen LogP contribution in [0.15, 0.2) is 48.5 Å². The molecular formula is C29H38N2O6. The van der Waals surface area contributed by atoms with Crippen LogP contribution in [-0.2, 0) is 14.3 Å². The van der Waals surface area contributed by atoms with Gasteiger partial charge >= 0.3 is 18.2 Å². The molecule has 0 aliphatic heterocycles. The van der Waals surface area contributed by atoms with Gasteiger partial charge in [-0.15, -0.1) is 0 Å². The zero-order valence-electron chi connectivity index (χ0n) is 22.4. The number of carbonyl (C=O) groups excluding carboxylic acids is 2. The maximum atomic E-state index is 13.2. The second-order valence-electron chi connectivity index (χ2n) is 11.0. The Morgan fingerprint density at radius 1 is 0.919 bits per heavy atom. The van der Waals surface area contributed by atoms with Crippen molar-refractivity contribution in [3.8, 4) is 11.1 Å². The molecule has 0 unspecified atom stereocenters. The number of hydrogen-bond acceptors (Lipinski definition) is 5. The summed E-state index contributed by atoms with van der Waals surface area (Å²) in [6.07, 6.45) is -0.341. The van der Waals surface area contributed by atoms with Gasteiger partial charge in [0.1, 0.15) is 12.2 Å². The number of benzene rings is 2. The molecule has 3 rings (SSSR count). The summed E-state index contributed by atoms with van der Waals surface area (Å²) in [6, 6.07) is 16.2. The molecular weight excluding hydrogens is 472 g/mol. The molecule has 2 amide bonds. The number of aliphatic carboxylic acids is 1. The second kappa shape index (κ2) is 11.7. The Morgan fingerprint density at radius 2 is 1.49 bits per heavy atom. The van der Waals surface area contributed by atoms with Crippen LogP contribution >= 0.6 is 0 Å². The fourth-order valence-electron chi connectivity index (χ4n) is 4.46. The number of amides is 2. The minimum absolute atomic E-state index is 0.0489. The molecule has 2 aromatic rings. The zero-order valence-corrected chi connectivity index (χ0v) is 22.4. The molecule has 0 saturated heterocycles. The molecule has 0 atom stereocenters. The van der Waals surface area contributed by atoms with Gasteiger partial charge in [0, 0.05) is 31.0 Å². The number of fused-ring (bicyclic) bond motifs is 3. The number of ether oxygens (including phenoxy) is 2. The van der Waals surface area contributed by atoms with Crippen LogP contribution in [0.3, 0.4) is 0 Å². The maximum Gasteiger partial charge on any atom is 0.409 e. The quantitative estimate of drug-likeness (QED) is 0.419. The molecule has 200 valence electrons. The van der Waals surface area contributed by atoms with Gasteiger partial charge in [0.25, 0.3) is 0 Å². The molecule has 2 N–H and O–H groups in total. The highest BCUT2D eigenvalue weighted by atomic mass is 16.6. The lowest BCUT2D eigenvalue weighted by atomic mass is 9.98. The Labute approximate surface area is 219 Å². The zero-order chi connectivity index (χ0) is 27.2. The molecule has 0 spiro atoms. The number of carboxylic acid groups (broad SMARTS) is 1. The molecule has 0 heterocycles. The Hall–Kier alpha value is -3.55. The molecule has 0 radical (unpaired) electrons. The fraction of sp³-hybridized carbons (Fsp3) is 0.483. The van der Waals surface area contributed by atoms with Crippen LogP contribution in [0.2, 0.25) is 0 Å². The molecule has 0 bridgehead atoms. The number of nitrogens with zero attached hydrogens (tertiary/aromatic N) is 1. The van der Waals surface area contributed by atoms with Crippen LogP contribution in [0.4, 0.5) is 9.59 Å². The van der Waals surface area contributed by atoms with Crippen molar-refractivity contribution in [3.63, 3.8) is 0 Å². The standard InChI is InChI=1S/C29H38N2O6/c1-28(2,3)37-26(34)30-29(4,5)16-18-31(17-10-15-25(32)33)27(35)36-19-24-22-13-8-6-11-20(22)21-12-7-9-14-23(21)24/h6-9,11-14,24H,10,15-19H2,1-5H3,(H,30,34)(H,32,33). The van der Waals surface area contributed by atoms with E-state index in [0.717, 1.165) is 22.3 Å². The van der Waals surface area contributed by atoms with Crippen molar-refractivity contribution in [2.75, 3.05) is 19.7 Å². The van der Waals surface area contributed by atoms with Crippen molar-refractivity contribution in [2.45, 2.75) is 70.9 Å². The maximum absolute atomic E-state index is 13.2. The van der Waals surface area contributed by atoms with Gasteiger partial charge in [-0.3, -0.25) is 4.79 Å². The summed E-state index contributed by atoms with van der Waals surface area (Å²) < 4.78 is 11.2. The van der Waals surface area contributed by atoms with Crippen molar-refractivity contribution in [1.29, 1.82) is 0 Å². The van der Waals surface area contributed by atoms with Crippen molar-refractivity contribution in [3.05, 3.63) is 59.7 Å². The average molecular weight is 511 g/mol. The van der Waals surface area contributed by atoms with Gasteiger partial charge in [0.05, 0.1) is 0 Å². The van der Waals surface area contributed by atoms with E-state index in [4.69, 9.17) is 14.6 Å². The lowest BCUT2D eigenvalue weighted by Gasteiger charge is -2.31. The summed E-state index contributed by atoms with van der Waals surface area (Å²) >= 11 is 0. The molecule has 1 aliphatic carbocycles. The van der Waals surface area contributed by atoms with E-state index in [2.05, 4.69) is 29.6 Å². The molecule has 37 heavy (non-hydrogen) atoms. The monoisotopic (exact) mass is 510 g/mol. The third-order valence-corrected chi connectivity index (χ3v) is 6.26. The number of carboxylic acids is 1. The first kappa shape index (κ1) is 28.0. The number of carbonyl (C=O) groups is 3. The first-order chi connectivity index (χ1) is 17.4. The van der Waals surface area contributed by atoms with Gasteiger partial charge in [0.2, 0.25) is 0 Å². The molecule has 0 aromatic heterocycles. The Kier molecular flexibility index (Phi) is 8.84. The molecule has 1 aliphatic rings. The van der Waals surface area contributed by atoms with Gasteiger partial charge in [-0.1, -0.05) is 48.5 Å². The summed E-state index contributed by atoms with van der Waals surface area (Å²) in [5.74, 6) is -0.984. The van der Waals surface area contributed by atoms with E-state index in [1.54, 1.807) is 20.8 Å². The lowest BCUT2D eigenvalue weighted by molar-refractivity contribution is -0.137. The summed E-state index contributed by atoms with van der Waals surface area (Å²) in [4.78, 5) is 38.0. The summed E-state index contributed by atoms with van der Waals surface area (Å²) in [6.45, 7) is 9.79. The third kappa shape index (κ3) is 7.97. The normalized spacial score (nSPS) is 12.9. The molecule has 0 fully saturated rings. The topological polar surface area (TPSA) is 105 Å². The number of rotatable bonds is 10. The van der Waals surface area contributed by atoms with E-state index in [0.29, 0.717) is 19.4 Å². The summed E-state index contributed by atoms with van der Waals surface area (Å²) in [5.41, 5.74) is 3.26. The van der Waals surface area contributed by atoms with Crippen molar-refractivity contribution >= 4 is 18.2 Å². The van der Waals surface area contributed by atoms with Crippen molar-refractivity contribution in [2.24, 2.45) is 0 Å². The van der Waals surface area contributed by atoms with Gasteiger partial charge in [-0.25, -0.2) is 9.59 Å². The fourth-order valence-corrected chi connectivity index (χ4v) is 4.46. The van der Waals surface area contributed by atoms with Gasteiger partial charge in [-0.2, -0.15) is 0 Å². The van der Waals surface area contributed by atoms with E-state index in [-0.39, 0.29) is 25.5 Å². The van der Waals surface area contributed by atoms with Crippen LogP contribution in [0.5, 0.6) is 0 Å². The SMILES string of the molecule is CC(C)(CCN(CCCC(=O)O)C(=O)OCC1c2ccccc2-c2ccccc21)NC(=O)OC(C)(C)C. The van der Waals surface area contributed by atoms with E-state index < -0.39 is 29.3 Å². The smallest absolute Gasteiger partial charge is 0.409 e. The van der Waals surface area contributed by atoms with E-state index >= 15 is 0 Å². The van der Waals surface area contributed by atoms with Crippen LogP contribution in [0.1, 0.15) is 70.9 Å². The number of nitrogens with one attached hydrogen (secondary N) is 1. The second-order valence-corrected chi connectivity index (χ2v) is 11.0. The Bertz CT molecular complexity index is 1080. The van der Waals surface area contributed by atoms with Crippen LogP contribution in [0, 0.1) is 0 Å².